The maximum absolute atomic E-state index is 6.95. The van der Waals surface area contributed by atoms with Crippen LogP contribution in [0.1, 0.15) is 11.1 Å². The molecule has 0 aliphatic rings. The zero-order chi connectivity index (χ0) is 7.56. The molecule has 52 valence electrons. The van der Waals surface area contributed by atoms with E-state index < -0.39 is 0 Å². The van der Waals surface area contributed by atoms with Crippen LogP contribution in [-0.2, 0) is 0 Å². The highest BCUT2D eigenvalue weighted by Crippen LogP contribution is 2.13. The van der Waals surface area contributed by atoms with Crippen molar-refractivity contribution < 1.29 is 0 Å². The summed E-state index contributed by atoms with van der Waals surface area (Å²) in [4.78, 5) is 0.945. The van der Waals surface area contributed by atoms with Crippen LogP contribution in [0.4, 0.5) is 0 Å². The average Bonchev–Trinajstić information content (AvgIpc) is 1.95. The van der Waals surface area contributed by atoms with E-state index in [-0.39, 0.29) is 0 Å². The highest BCUT2D eigenvalue weighted by molar-refractivity contribution is 7.80. The first kappa shape index (κ1) is 7.35. The van der Waals surface area contributed by atoms with Gasteiger partial charge < -0.3 is 5.41 Å². The SMILES string of the molecule is Cc1ccc(C=N)cc1S. The van der Waals surface area contributed by atoms with Crippen LogP contribution in [0.25, 0.3) is 0 Å². The van der Waals surface area contributed by atoms with Crippen molar-refractivity contribution in [2.75, 3.05) is 0 Å². The molecule has 0 spiro atoms. The minimum Gasteiger partial charge on any atom is -0.308 e. The quantitative estimate of drug-likeness (QED) is 0.454. The highest BCUT2D eigenvalue weighted by Gasteiger charge is 1.92. The van der Waals surface area contributed by atoms with Crippen molar-refractivity contribution in [2.24, 2.45) is 0 Å². The van der Waals surface area contributed by atoms with E-state index in [1.807, 2.05) is 25.1 Å². The molecule has 0 saturated carbocycles. The van der Waals surface area contributed by atoms with Gasteiger partial charge in [0.1, 0.15) is 0 Å². The molecule has 2 heteroatoms. The predicted molar refractivity (Wildman–Crippen MR) is 46.3 cm³/mol. The summed E-state index contributed by atoms with van der Waals surface area (Å²) >= 11 is 4.22. The van der Waals surface area contributed by atoms with Gasteiger partial charge in [-0.15, -0.1) is 12.6 Å². The third kappa shape index (κ3) is 1.39. The van der Waals surface area contributed by atoms with Crippen molar-refractivity contribution in [3.05, 3.63) is 29.3 Å². The second-order valence-corrected chi connectivity index (χ2v) is 2.67. The molecular formula is C8H9NS. The largest absolute Gasteiger partial charge is 0.308 e. The molecule has 0 fully saturated rings. The number of hydrogen-bond acceptors (Lipinski definition) is 2. The van der Waals surface area contributed by atoms with Crippen molar-refractivity contribution in [1.29, 1.82) is 5.41 Å². The summed E-state index contributed by atoms with van der Waals surface area (Å²) in [5.41, 5.74) is 2.05. The zero-order valence-electron chi connectivity index (χ0n) is 5.76. The Morgan fingerprint density at radius 3 is 2.70 bits per heavy atom. The minimum absolute atomic E-state index is 0.899. The minimum atomic E-state index is 0.899. The van der Waals surface area contributed by atoms with Gasteiger partial charge in [0.15, 0.2) is 0 Å². The van der Waals surface area contributed by atoms with Crippen LogP contribution in [0, 0.1) is 12.3 Å². The monoisotopic (exact) mass is 151 g/mol. The molecule has 0 aromatic heterocycles. The average molecular weight is 151 g/mol. The summed E-state index contributed by atoms with van der Waals surface area (Å²) in [7, 11) is 0. The summed E-state index contributed by atoms with van der Waals surface area (Å²) in [5, 5.41) is 6.95. The van der Waals surface area contributed by atoms with Gasteiger partial charge >= 0.3 is 0 Å². The van der Waals surface area contributed by atoms with Crippen LogP contribution in [-0.4, -0.2) is 6.21 Å². The van der Waals surface area contributed by atoms with Gasteiger partial charge in [0.2, 0.25) is 0 Å². The second-order valence-electron chi connectivity index (χ2n) is 2.19. The van der Waals surface area contributed by atoms with Crippen LogP contribution in [0.15, 0.2) is 23.1 Å². The van der Waals surface area contributed by atoms with E-state index >= 15 is 0 Å². The third-order valence-corrected chi connectivity index (χ3v) is 1.88. The molecular weight excluding hydrogens is 142 g/mol. The Morgan fingerprint density at radius 2 is 2.20 bits per heavy atom. The molecule has 0 heterocycles. The van der Waals surface area contributed by atoms with E-state index in [9.17, 15) is 0 Å². The summed E-state index contributed by atoms with van der Waals surface area (Å²) in [6, 6.07) is 5.75. The molecule has 1 aromatic carbocycles. The van der Waals surface area contributed by atoms with Crippen molar-refractivity contribution >= 4 is 18.8 Å². The Kier molecular flexibility index (Phi) is 2.12. The number of benzene rings is 1. The number of hydrogen-bond donors (Lipinski definition) is 2. The maximum Gasteiger partial charge on any atom is 0.0250 e. The fourth-order valence-corrected chi connectivity index (χ4v) is 0.940. The number of thiol groups is 1. The van der Waals surface area contributed by atoms with E-state index in [0.717, 1.165) is 16.0 Å². The lowest BCUT2D eigenvalue weighted by Crippen LogP contribution is -1.81. The Balaban J connectivity index is 3.16. The lowest BCUT2D eigenvalue weighted by atomic mass is 10.2. The summed E-state index contributed by atoms with van der Waals surface area (Å²) in [6.45, 7) is 2.00. The van der Waals surface area contributed by atoms with Crippen molar-refractivity contribution in [1.82, 2.24) is 0 Å². The molecule has 0 aliphatic heterocycles. The van der Waals surface area contributed by atoms with Crippen LogP contribution in [0.3, 0.4) is 0 Å². The molecule has 0 bridgehead atoms. The first-order valence-electron chi connectivity index (χ1n) is 3.04. The van der Waals surface area contributed by atoms with Crippen LogP contribution in [0.5, 0.6) is 0 Å². The lowest BCUT2D eigenvalue weighted by Gasteiger charge is -1.97. The Hall–Kier alpha value is -0.760. The molecule has 1 nitrogen and oxygen atoms in total. The third-order valence-electron chi connectivity index (χ3n) is 1.40. The summed E-state index contributed by atoms with van der Waals surface area (Å²) in [6.07, 6.45) is 1.32. The fraction of sp³-hybridized carbons (Fsp3) is 0.125. The highest BCUT2D eigenvalue weighted by atomic mass is 32.1. The van der Waals surface area contributed by atoms with Gasteiger partial charge in [-0.2, -0.15) is 0 Å². The first-order chi connectivity index (χ1) is 4.74. The normalized spacial score (nSPS) is 9.40. The predicted octanol–water partition coefficient (Wildman–Crippen LogP) is 2.28. The number of aryl methyl sites for hydroxylation is 1. The fourth-order valence-electron chi connectivity index (χ4n) is 0.716. The molecule has 1 rings (SSSR count). The molecule has 0 radical (unpaired) electrons. The van der Waals surface area contributed by atoms with Gasteiger partial charge in [-0.05, 0) is 24.1 Å². The zero-order valence-corrected chi connectivity index (χ0v) is 6.65. The number of nitrogens with one attached hydrogen (secondary N) is 1. The van der Waals surface area contributed by atoms with Crippen LogP contribution < -0.4 is 0 Å². The molecule has 0 saturated heterocycles. The molecule has 0 amide bonds. The first-order valence-corrected chi connectivity index (χ1v) is 3.49. The Bertz CT molecular complexity index is 255. The standard InChI is InChI=1S/C8H9NS/c1-6-2-3-7(5-9)4-8(6)10/h2-5,9-10H,1H3. The lowest BCUT2D eigenvalue weighted by molar-refractivity contribution is 1.30. The van der Waals surface area contributed by atoms with Gasteiger partial charge in [-0.3, -0.25) is 0 Å². The van der Waals surface area contributed by atoms with E-state index in [2.05, 4.69) is 12.6 Å². The number of rotatable bonds is 1. The van der Waals surface area contributed by atoms with Gasteiger partial charge in [-0.25, -0.2) is 0 Å². The van der Waals surface area contributed by atoms with Gasteiger partial charge in [0.25, 0.3) is 0 Å². The smallest absolute Gasteiger partial charge is 0.0250 e. The van der Waals surface area contributed by atoms with E-state index in [1.165, 1.54) is 6.21 Å². The maximum atomic E-state index is 6.95. The second kappa shape index (κ2) is 2.88. The Labute approximate surface area is 66.0 Å². The van der Waals surface area contributed by atoms with E-state index in [4.69, 9.17) is 5.41 Å². The van der Waals surface area contributed by atoms with Crippen LogP contribution >= 0.6 is 12.6 Å². The molecule has 1 N–H and O–H groups in total. The van der Waals surface area contributed by atoms with Crippen LogP contribution in [0.2, 0.25) is 0 Å². The van der Waals surface area contributed by atoms with Gasteiger partial charge in [-0.1, -0.05) is 12.1 Å². The summed E-state index contributed by atoms with van der Waals surface area (Å²) < 4.78 is 0. The Morgan fingerprint density at radius 1 is 1.50 bits per heavy atom. The van der Waals surface area contributed by atoms with Crippen molar-refractivity contribution in [3.8, 4) is 0 Å². The molecule has 0 atom stereocenters. The van der Waals surface area contributed by atoms with E-state index in [1.54, 1.807) is 0 Å². The van der Waals surface area contributed by atoms with Crippen molar-refractivity contribution in [2.45, 2.75) is 11.8 Å². The van der Waals surface area contributed by atoms with Gasteiger partial charge in [0.05, 0.1) is 0 Å². The molecule has 0 unspecified atom stereocenters. The van der Waals surface area contributed by atoms with E-state index in [0.29, 0.717) is 0 Å². The van der Waals surface area contributed by atoms with Gasteiger partial charge in [0, 0.05) is 11.1 Å². The molecule has 1 aromatic rings. The topological polar surface area (TPSA) is 23.9 Å². The molecule has 0 aliphatic carbocycles. The molecule has 10 heavy (non-hydrogen) atoms. The van der Waals surface area contributed by atoms with Crippen molar-refractivity contribution in [3.63, 3.8) is 0 Å². The summed E-state index contributed by atoms with van der Waals surface area (Å²) in [5.74, 6) is 0.